The molecule has 0 radical (unpaired) electrons. The number of thiocarbonyl (C=S) groups is 1. The number of nitrogens with zero attached hydrogens (tertiary/aromatic N) is 2. The number of pyridine rings is 1. The van der Waals surface area contributed by atoms with Gasteiger partial charge in [-0.05, 0) is 36.5 Å². The van der Waals surface area contributed by atoms with E-state index in [0.29, 0.717) is 18.3 Å². The summed E-state index contributed by atoms with van der Waals surface area (Å²) >= 11 is 5.45. The number of anilines is 2. The average molecular weight is 271 g/mol. The number of hydrogen-bond acceptors (Lipinski definition) is 3. The zero-order chi connectivity index (χ0) is 13.1. The number of hydrogen-bond donors (Lipinski definition) is 1. The van der Waals surface area contributed by atoms with Gasteiger partial charge >= 0.3 is 0 Å². The summed E-state index contributed by atoms with van der Waals surface area (Å²) in [6, 6.07) is 13.6. The molecule has 0 fully saturated rings. The maximum absolute atomic E-state index is 5.56. The normalized spacial score (nSPS) is 13.4. The summed E-state index contributed by atoms with van der Waals surface area (Å²) in [4.78, 5) is 6.30. The number of fused-ring (bicyclic) bond motifs is 1. The number of para-hydroxylation sites is 1. The fourth-order valence-electron chi connectivity index (χ4n) is 1.96. The molecule has 0 bridgehead atoms. The molecule has 2 heterocycles. The molecular formula is C14H13N3OS. The summed E-state index contributed by atoms with van der Waals surface area (Å²) in [6.07, 6.45) is 1.74. The van der Waals surface area contributed by atoms with Crippen molar-refractivity contribution in [1.82, 2.24) is 4.98 Å². The third-order valence-electron chi connectivity index (χ3n) is 2.85. The van der Waals surface area contributed by atoms with Crippen LogP contribution in [0, 0.1) is 0 Å². The monoisotopic (exact) mass is 271 g/mol. The molecule has 0 spiro atoms. The van der Waals surface area contributed by atoms with E-state index < -0.39 is 0 Å². The summed E-state index contributed by atoms with van der Waals surface area (Å²) in [5.41, 5.74) is 0.969. The predicted octanol–water partition coefficient (Wildman–Crippen LogP) is 2.68. The average Bonchev–Trinajstić information content (AvgIpc) is 2.47. The Labute approximate surface area is 117 Å². The number of rotatable bonds is 1. The van der Waals surface area contributed by atoms with E-state index in [2.05, 4.69) is 10.3 Å². The van der Waals surface area contributed by atoms with Crippen LogP contribution in [0.2, 0.25) is 0 Å². The first-order chi connectivity index (χ1) is 9.34. The van der Waals surface area contributed by atoms with Gasteiger partial charge in [0.15, 0.2) is 16.7 Å². The Morgan fingerprint density at radius 1 is 1.21 bits per heavy atom. The third-order valence-corrected chi connectivity index (χ3v) is 3.17. The van der Waals surface area contributed by atoms with Gasteiger partial charge in [-0.2, -0.15) is 0 Å². The lowest BCUT2D eigenvalue weighted by molar-refractivity contribution is 0.313. The van der Waals surface area contributed by atoms with E-state index in [1.165, 1.54) is 0 Å². The van der Waals surface area contributed by atoms with E-state index in [-0.39, 0.29) is 0 Å². The van der Waals surface area contributed by atoms with Crippen molar-refractivity contribution >= 4 is 28.8 Å². The van der Waals surface area contributed by atoms with E-state index in [4.69, 9.17) is 17.0 Å². The SMILES string of the molecule is S=C(Nc1ccccc1)N1CCOc2cccnc21. The molecule has 5 heteroatoms. The molecule has 0 saturated carbocycles. The molecule has 0 amide bonds. The molecule has 1 aromatic carbocycles. The van der Waals surface area contributed by atoms with Crippen molar-refractivity contribution < 1.29 is 4.74 Å². The van der Waals surface area contributed by atoms with Crippen LogP contribution in [-0.2, 0) is 0 Å². The first kappa shape index (κ1) is 11.9. The zero-order valence-electron chi connectivity index (χ0n) is 10.2. The van der Waals surface area contributed by atoms with Gasteiger partial charge in [0.1, 0.15) is 6.61 Å². The Bertz CT molecular complexity index is 588. The molecule has 1 aliphatic heterocycles. The summed E-state index contributed by atoms with van der Waals surface area (Å²) < 4.78 is 5.56. The van der Waals surface area contributed by atoms with Crippen molar-refractivity contribution in [2.45, 2.75) is 0 Å². The predicted molar refractivity (Wildman–Crippen MR) is 79.7 cm³/mol. The second kappa shape index (κ2) is 5.24. The van der Waals surface area contributed by atoms with Crippen LogP contribution in [0.25, 0.3) is 0 Å². The molecule has 2 aromatic rings. The summed E-state index contributed by atoms with van der Waals surface area (Å²) in [5, 5.41) is 3.85. The molecule has 1 aliphatic rings. The Morgan fingerprint density at radius 2 is 2.05 bits per heavy atom. The second-order valence-corrected chi connectivity index (χ2v) is 4.51. The van der Waals surface area contributed by atoms with E-state index in [9.17, 15) is 0 Å². The van der Waals surface area contributed by atoms with Gasteiger partial charge in [0.2, 0.25) is 0 Å². The first-order valence-electron chi connectivity index (χ1n) is 6.06. The smallest absolute Gasteiger partial charge is 0.179 e. The summed E-state index contributed by atoms with van der Waals surface area (Å²) in [5.74, 6) is 1.54. The van der Waals surface area contributed by atoms with Crippen molar-refractivity contribution in [3.63, 3.8) is 0 Å². The summed E-state index contributed by atoms with van der Waals surface area (Å²) in [6.45, 7) is 1.30. The van der Waals surface area contributed by atoms with Gasteiger partial charge in [0, 0.05) is 11.9 Å². The van der Waals surface area contributed by atoms with Crippen LogP contribution in [0.5, 0.6) is 5.75 Å². The van der Waals surface area contributed by atoms with Gasteiger partial charge in [-0.3, -0.25) is 4.90 Å². The van der Waals surface area contributed by atoms with Gasteiger partial charge in [-0.1, -0.05) is 18.2 Å². The molecule has 0 unspecified atom stereocenters. The van der Waals surface area contributed by atoms with Gasteiger partial charge in [0.25, 0.3) is 0 Å². The van der Waals surface area contributed by atoms with Crippen LogP contribution in [0.1, 0.15) is 0 Å². The number of ether oxygens (including phenoxy) is 1. The molecule has 1 N–H and O–H groups in total. The lowest BCUT2D eigenvalue weighted by Crippen LogP contribution is -2.41. The minimum atomic E-state index is 0.606. The van der Waals surface area contributed by atoms with Crippen LogP contribution in [0.3, 0.4) is 0 Å². The fourth-order valence-corrected chi connectivity index (χ4v) is 2.26. The van der Waals surface area contributed by atoms with Crippen molar-refractivity contribution in [2.24, 2.45) is 0 Å². The molecule has 96 valence electrons. The van der Waals surface area contributed by atoms with E-state index in [1.807, 2.05) is 47.4 Å². The molecule has 0 aliphatic carbocycles. The highest BCUT2D eigenvalue weighted by molar-refractivity contribution is 7.80. The Morgan fingerprint density at radius 3 is 2.89 bits per heavy atom. The highest BCUT2D eigenvalue weighted by Gasteiger charge is 2.22. The van der Waals surface area contributed by atoms with E-state index >= 15 is 0 Å². The van der Waals surface area contributed by atoms with Crippen molar-refractivity contribution in [1.29, 1.82) is 0 Å². The van der Waals surface area contributed by atoms with Crippen molar-refractivity contribution in [3.8, 4) is 5.75 Å². The lowest BCUT2D eigenvalue weighted by Gasteiger charge is -2.30. The highest BCUT2D eigenvalue weighted by Crippen LogP contribution is 2.28. The quantitative estimate of drug-likeness (QED) is 0.807. The molecule has 3 rings (SSSR count). The topological polar surface area (TPSA) is 37.4 Å². The minimum absolute atomic E-state index is 0.606. The van der Waals surface area contributed by atoms with E-state index in [0.717, 1.165) is 17.3 Å². The Hall–Kier alpha value is -2.14. The van der Waals surface area contributed by atoms with Crippen LogP contribution in [-0.4, -0.2) is 23.2 Å². The molecule has 0 saturated heterocycles. The first-order valence-corrected chi connectivity index (χ1v) is 6.47. The number of aromatic nitrogens is 1. The lowest BCUT2D eigenvalue weighted by atomic mass is 10.3. The molecule has 0 atom stereocenters. The van der Waals surface area contributed by atoms with E-state index in [1.54, 1.807) is 6.20 Å². The highest BCUT2D eigenvalue weighted by atomic mass is 32.1. The molecule has 19 heavy (non-hydrogen) atoms. The van der Waals surface area contributed by atoms with Gasteiger partial charge in [0.05, 0.1) is 6.54 Å². The summed E-state index contributed by atoms with van der Waals surface area (Å²) in [7, 11) is 0. The number of nitrogens with one attached hydrogen (secondary N) is 1. The van der Waals surface area contributed by atoms with Crippen LogP contribution < -0.4 is 15.0 Å². The van der Waals surface area contributed by atoms with Crippen LogP contribution in [0.15, 0.2) is 48.7 Å². The van der Waals surface area contributed by atoms with Gasteiger partial charge in [-0.25, -0.2) is 4.98 Å². The Balaban J connectivity index is 1.82. The third kappa shape index (κ3) is 2.51. The number of benzene rings is 1. The fraction of sp³-hybridized carbons (Fsp3) is 0.143. The van der Waals surface area contributed by atoms with Crippen molar-refractivity contribution in [2.75, 3.05) is 23.4 Å². The molecule has 1 aromatic heterocycles. The van der Waals surface area contributed by atoms with Gasteiger partial charge in [-0.15, -0.1) is 0 Å². The minimum Gasteiger partial charge on any atom is -0.488 e. The zero-order valence-corrected chi connectivity index (χ0v) is 11.1. The largest absolute Gasteiger partial charge is 0.488 e. The van der Waals surface area contributed by atoms with Crippen LogP contribution in [0.4, 0.5) is 11.5 Å². The van der Waals surface area contributed by atoms with Crippen LogP contribution >= 0.6 is 12.2 Å². The second-order valence-electron chi connectivity index (χ2n) is 4.12. The standard InChI is InChI=1S/C14H13N3OS/c19-14(16-11-5-2-1-3-6-11)17-9-10-18-12-7-4-8-15-13(12)17/h1-8H,9-10H2,(H,16,19). The maximum atomic E-state index is 5.56. The maximum Gasteiger partial charge on any atom is 0.179 e. The van der Waals surface area contributed by atoms with Crippen molar-refractivity contribution in [3.05, 3.63) is 48.7 Å². The Kier molecular flexibility index (Phi) is 3.29. The van der Waals surface area contributed by atoms with Gasteiger partial charge < -0.3 is 10.1 Å². The molecule has 4 nitrogen and oxygen atoms in total. The molecular weight excluding hydrogens is 258 g/mol.